The van der Waals surface area contributed by atoms with Crippen molar-refractivity contribution in [1.29, 1.82) is 0 Å². The average Bonchev–Trinajstić information content (AvgIpc) is 3.73. The quantitative estimate of drug-likeness (QED) is 0.152. The van der Waals surface area contributed by atoms with Crippen LogP contribution in [0.25, 0.3) is 66.1 Å². The largest absolute Gasteiger partial charge is 0.310 e. The molecule has 0 heterocycles. The van der Waals surface area contributed by atoms with Crippen molar-refractivity contribution in [2.45, 2.75) is 31.6 Å². The molecule has 10 aromatic carbocycles. The summed E-state index contributed by atoms with van der Waals surface area (Å²) in [5.74, 6) is 0. The molecule has 294 valence electrons. The van der Waals surface area contributed by atoms with Crippen LogP contribution in [0.4, 0.5) is 17.1 Å². The van der Waals surface area contributed by atoms with Crippen LogP contribution < -0.4 is 4.90 Å². The molecule has 0 saturated heterocycles. The fourth-order valence-electron chi connectivity index (χ4n) is 11.1. The Morgan fingerprint density at radius 3 is 1.71 bits per heavy atom. The zero-order chi connectivity index (χ0) is 41.6. The number of hydrogen-bond acceptors (Lipinski definition) is 1. The van der Waals surface area contributed by atoms with Crippen molar-refractivity contribution in [3.8, 4) is 44.5 Å². The number of nitrogens with zero attached hydrogens (tertiary/aromatic N) is 1. The fraction of sp³-hybridized carbons (Fsp3) is 0.0820. The highest BCUT2D eigenvalue weighted by Crippen LogP contribution is 2.55. The van der Waals surface area contributed by atoms with E-state index < -0.39 is 0 Å². The highest BCUT2D eigenvalue weighted by molar-refractivity contribution is 6.13. The maximum Gasteiger partial charge on any atom is 0.0467 e. The molecule has 2 aliphatic rings. The second-order valence-electron chi connectivity index (χ2n) is 17.8. The molecule has 0 fully saturated rings. The van der Waals surface area contributed by atoms with Gasteiger partial charge in [-0.2, -0.15) is 0 Å². The van der Waals surface area contributed by atoms with Crippen LogP contribution in [-0.2, 0) is 10.8 Å². The normalized spacial score (nSPS) is 15.5. The molecule has 1 atom stereocenters. The molecule has 2 aliphatic carbocycles. The van der Waals surface area contributed by atoms with Gasteiger partial charge in [-0.15, -0.1) is 0 Å². The van der Waals surface area contributed by atoms with Gasteiger partial charge in [-0.05, 0) is 143 Å². The summed E-state index contributed by atoms with van der Waals surface area (Å²) in [6.45, 7) is 7.16. The van der Waals surface area contributed by atoms with Crippen molar-refractivity contribution in [2.75, 3.05) is 4.90 Å². The molecule has 0 saturated carbocycles. The van der Waals surface area contributed by atoms with Gasteiger partial charge >= 0.3 is 0 Å². The minimum Gasteiger partial charge on any atom is -0.310 e. The lowest BCUT2D eigenvalue weighted by Crippen LogP contribution is -2.22. The van der Waals surface area contributed by atoms with E-state index in [0.717, 1.165) is 17.1 Å². The van der Waals surface area contributed by atoms with E-state index in [9.17, 15) is 0 Å². The number of fused-ring (bicyclic) bond motifs is 9. The van der Waals surface area contributed by atoms with Gasteiger partial charge in [0, 0.05) is 27.9 Å². The second kappa shape index (κ2) is 13.8. The van der Waals surface area contributed by atoms with E-state index in [1.165, 1.54) is 93.9 Å². The van der Waals surface area contributed by atoms with Crippen LogP contribution in [0.3, 0.4) is 0 Å². The highest BCUT2D eigenvalue weighted by Gasteiger charge is 2.41. The molecule has 0 spiro atoms. The SMILES string of the molecule is CC1(C)c2ccccc2-c2cccc(-c3cccc(N(c4ccc(-c5cc6ccccc6c6ccccc56)cc4)c4ccc5c(c4)C(C)(c4ccccc4)c4ccccc4-5)c3)c21. The van der Waals surface area contributed by atoms with Gasteiger partial charge in [-0.1, -0.05) is 190 Å². The van der Waals surface area contributed by atoms with Crippen LogP contribution in [0.5, 0.6) is 0 Å². The van der Waals surface area contributed by atoms with E-state index in [1.54, 1.807) is 0 Å². The smallest absolute Gasteiger partial charge is 0.0467 e. The summed E-state index contributed by atoms with van der Waals surface area (Å²) in [6.07, 6.45) is 0. The first-order valence-electron chi connectivity index (χ1n) is 21.8. The average molecular weight is 792 g/mol. The van der Waals surface area contributed by atoms with Crippen molar-refractivity contribution in [3.63, 3.8) is 0 Å². The summed E-state index contributed by atoms with van der Waals surface area (Å²) < 4.78 is 0. The lowest BCUT2D eigenvalue weighted by molar-refractivity contribution is 0.662. The third-order valence-corrected chi connectivity index (χ3v) is 14.1. The van der Waals surface area contributed by atoms with E-state index in [2.05, 4.69) is 244 Å². The summed E-state index contributed by atoms with van der Waals surface area (Å²) in [6, 6.07) is 81.2. The molecule has 1 unspecified atom stereocenters. The fourth-order valence-corrected chi connectivity index (χ4v) is 11.1. The third kappa shape index (κ3) is 5.34. The predicted molar refractivity (Wildman–Crippen MR) is 262 cm³/mol. The number of hydrogen-bond donors (Lipinski definition) is 0. The lowest BCUT2D eigenvalue weighted by atomic mass is 9.74. The van der Waals surface area contributed by atoms with Crippen LogP contribution in [0.1, 0.15) is 48.6 Å². The molecule has 12 rings (SSSR count). The van der Waals surface area contributed by atoms with Crippen molar-refractivity contribution in [2.24, 2.45) is 0 Å². The van der Waals surface area contributed by atoms with Gasteiger partial charge in [0.2, 0.25) is 0 Å². The Bertz CT molecular complexity index is 3390. The molecule has 1 nitrogen and oxygen atoms in total. The first-order valence-corrected chi connectivity index (χ1v) is 21.8. The highest BCUT2D eigenvalue weighted by atomic mass is 15.1. The van der Waals surface area contributed by atoms with Crippen molar-refractivity contribution in [1.82, 2.24) is 0 Å². The van der Waals surface area contributed by atoms with Gasteiger partial charge < -0.3 is 4.90 Å². The lowest BCUT2D eigenvalue weighted by Gasteiger charge is -2.31. The molecule has 62 heavy (non-hydrogen) atoms. The van der Waals surface area contributed by atoms with Gasteiger partial charge in [0.15, 0.2) is 0 Å². The molecular weight excluding hydrogens is 747 g/mol. The maximum absolute atomic E-state index is 2.46. The second-order valence-corrected chi connectivity index (χ2v) is 17.8. The van der Waals surface area contributed by atoms with Gasteiger partial charge in [0.1, 0.15) is 0 Å². The Kier molecular flexibility index (Phi) is 8.08. The van der Waals surface area contributed by atoms with Crippen molar-refractivity contribution < 1.29 is 0 Å². The number of benzene rings is 10. The minimum atomic E-state index is -0.317. The Hall–Kier alpha value is -7.48. The summed E-state index contributed by atoms with van der Waals surface area (Å²) >= 11 is 0. The summed E-state index contributed by atoms with van der Waals surface area (Å²) in [5.41, 5.74) is 19.9. The van der Waals surface area contributed by atoms with E-state index in [-0.39, 0.29) is 10.8 Å². The van der Waals surface area contributed by atoms with E-state index in [4.69, 9.17) is 0 Å². The Morgan fingerprint density at radius 1 is 0.323 bits per heavy atom. The van der Waals surface area contributed by atoms with Crippen LogP contribution in [0.15, 0.2) is 218 Å². The molecule has 0 bridgehead atoms. The number of rotatable bonds is 6. The first-order chi connectivity index (χ1) is 30.4. The summed E-state index contributed by atoms with van der Waals surface area (Å²) in [5, 5.41) is 5.08. The topological polar surface area (TPSA) is 3.24 Å². The molecule has 0 amide bonds. The van der Waals surface area contributed by atoms with E-state index in [0.29, 0.717) is 0 Å². The zero-order valence-electron chi connectivity index (χ0n) is 35.2. The molecule has 1 heteroatoms. The summed E-state index contributed by atoms with van der Waals surface area (Å²) in [7, 11) is 0. The van der Waals surface area contributed by atoms with Gasteiger partial charge in [0.05, 0.1) is 0 Å². The summed E-state index contributed by atoms with van der Waals surface area (Å²) in [4.78, 5) is 2.46. The van der Waals surface area contributed by atoms with Crippen LogP contribution in [0, 0.1) is 0 Å². The molecular formula is C61H45N. The van der Waals surface area contributed by atoms with Gasteiger partial charge in [-0.3, -0.25) is 0 Å². The van der Waals surface area contributed by atoms with Crippen LogP contribution in [0.2, 0.25) is 0 Å². The third-order valence-electron chi connectivity index (χ3n) is 14.1. The van der Waals surface area contributed by atoms with Gasteiger partial charge in [0.25, 0.3) is 0 Å². The van der Waals surface area contributed by atoms with E-state index >= 15 is 0 Å². The Morgan fingerprint density at radius 2 is 0.903 bits per heavy atom. The standard InChI is InChI=1S/C61H45N/c1-60(2)56-29-13-11-26-52(56)54-28-16-27-48(59(54)60)41-18-15-21-45(37-41)62(44-33-31-40(32-34-44)55-38-42-17-7-8-22-47(42)49-23-9-10-24-50(49)55)46-35-36-53-51-25-12-14-30-57(51)61(3,58(53)39-46)43-19-5-4-6-20-43/h4-39H,1-3H3. The van der Waals surface area contributed by atoms with Gasteiger partial charge in [-0.25, -0.2) is 0 Å². The monoisotopic (exact) mass is 791 g/mol. The molecule has 10 aromatic rings. The Labute approximate surface area is 364 Å². The van der Waals surface area contributed by atoms with Crippen LogP contribution >= 0.6 is 0 Å². The number of anilines is 3. The van der Waals surface area contributed by atoms with Crippen molar-refractivity contribution >= 4 is 38.6 Å². The Balaban J connectivity index is 1.04. The van der Waals surface area contributed by atoms with E-state index in [1.807, 2.05) is 0 Å². The predicted octanol–water partition coefficient (Wildman–Crippen LogP) is 16.4. The van der Waals surface area contributed by atoms with Crippen molar-refractivity contribution in [3.05, 3.63) is 246 Å². The molecule has 0 aliphatic heterocycles. The molecule has 0 N–H and O–H groups in total. The maximum atomic E-state index is 2.46. The minimum absolute atomic E-state index is 0.127. The molecule has 0 radical (unpaired) electrons. The van der Waals surface area contributed by atoms with Crippen LogP contribution in [-0.4, -0.2) is 0 Å². The zero-order valence-corrected chi connectivity index (χ0v) is 35.2. The molecule has 0 aromatic heterocycles. The first kappa shape index (κ1) is 36.4.